The number of hydrogen-bond donors (Lipinski definition) is 1. The topological polar surface area (TPSA) is 85.1 Å². The van der Waals surface area contributed by atoms with Crippen LogP contribution in [0.3, 0.4) is 0 Å². The Morgan fingerprint density at radius 1 is 1.04 bits per heavy atom. The normalized spacial score (nSPS) is 12.9. The summed E-state index contributed by atoms with van der Waals surface area (Å²) < 4.78 is 1.44. The summed E-state index contributed by atoms with van der Waals surface area (Å²) in [5.41, 5.74) is 2.42. The van der Waals surface area contributed by atoms with E-state index in [4.69, 9.17) is 0 Å². The maximum Gasteiger partial charge on any atom is 0.220 e. The first-order valence-electron chi connectivity index (χ1n) is 7.46. The number of carbonyl (C=O) groups is 2. The van der Waals surface area contributed by atoms with Crippen molar-refractivity contribution in [1.82, 2.24) is 15.0 Å². The highest BCUT2D eigenvalue weighted by atomic mass is 16.3. The maximum absolute atomic E-state index is 12.8. The van der Waals surface area contributed by atoms with Crippen molar-refractivity contribution < 1.29 is 14.7 Å². The van der Waals surface area contributed by atoms with Gasteiger partial charge in [0.25, 0.3) is 0 Å². The van der Waals surface area contributed by atoms with Crippen molar-refractivity contribution in [2.24, 2.45) is 0 Å². The zero-order valence-electron chi connectivity index (χ0n) is 12.9. The Balaban J connectivity index is 1.81. The predicted molar refractivity (Wildman–Crippen MR) is 85.3 cm³/mol. The fourth-order valence-corrected chi connectivity index (χ4v) is 2.88. The summed E-state index contributed by atoms with van der Waals surface area (Å²) >= 11 is 0. The van der Waals surface area contributed by atoms with Crippen molar-refractivity contribution in [2.45, 2.75) is 13.5 Å². The third kappa shape index (κ3) is 2.04. The van der Waals surface area contributed by atoms with Gasteiger partial charge in [0, 0.05) is 5.56 Å². The fourth-order valence-electron chi connectivity index (χ4n) is 2.88. The van der Waals surface area contributed by atoms with Crippen LogP contribution in [0.5, 0.6) is 5.75 Å². The number of nitrogens with zero attached hydrogens (tertiary/aromatic N) is 3. The van der Waals surface area contributed by atoms with Crippen LogP contribution in [-0.4, -0.2) is 31.7 Å². The molecule has 24 heavy (non-hydrogen) atoms. The highest BCUT2D eigenvalue weighted by molar-refractivity contribution is 6.27. The summed E-state index contributed by atoms with van der Waals surface area (Å²) in [6.45, 7) is 2.34. The maximum atomic E-state index is 12.8. The molecule has 6 heteroatoms. The van der Waals surface area contributed by atoms with Crippen molar-refractivity contribution in [3.63, 3.8) is 0 Å². The van der Waals surface area contributed by atoms with Gasteiger partial charge in [0.15, 0.2) is 5.69 Å². The lowest BCUT2D eigenvalue weighted by molar-refractivity contribution is 0.0968. The molecule has 1 heterocycles. The van der Waals surface area contributed by atoms with Crippen molar-refractivity contribution in [3.8, 4) is 5.75 Å². The molecule has 1 aliphatic carbocycles. The molecule has 0 spiro atoms. The fraction of sp³-hybridized carbons (Fsp3) is 0.111. The Kier molecular flexibility index (Phi) is 3.06. The van der Waals surface area contributed by atoms with Crippen LogP contribution in [0.1, 0.15) is 43.2 Å². The Hall–Kier alpha value is -3.28. The monoisotopic (exact) mass is 319 g/mol. The highest BCUT2D eigenvalue weighted by Gasteiger charge is 2.36. The van der Waals surface area contributed by atoms with Gasteiger partial charge in [0.2, 0.25) is 11.6 Å². The molecule has 1 aliphatic rings. The summed E-state index contributed by atoms with van der Waals surface area (Å²) in [6, 6.07) is 12.3. The first-order chi connectivity index (χ1) is 11.6. The third-order valence-electron chi connectivity index (χ3n) is 4.13. The largest absolute Gasteiger partial charge is 0.507 e. The van der Waals surface area contributed by atoms with Gasteiger partial charge in [-0.2, -0.15) is 0 Å². The molecular weight excluding hydrogens is 306 g/mol. The van der Waals surface area contributed by atoms with Crippen molar-refractivity contribution >= 4 is 11.6 Å². The van der Waals surface area contributed by atoms with Crippen molar-refractivity contribution in [1.29, 1.82) is 0 Å². The minimum Gasteiger partial charge on any atom is -0.507 e. The molecule has 0 bridgehead atoms. The number of hydrogen-bond acceptors (Lipinski definition) is 5. The Morgan fingerprint density at radius 2 is 1.79 bits per heavy atom. The molecule has 0 aliphatic heterocycles. The minimum absolute atomic E-state index is 0.00242. The number of rotatable bonds is 2. The molecule has 3 aromatic rings. The predicted octanol–water partition coefficient (Wildman–Crippen LogP) is 2.12. The summed E-state index contributed by atoms with van der Waals surface area (Å²) in [5.74, 6) is -1.05. The number of carbonyl (C=O) groups excluding carboxylic acids is 2. The molecule has 0 saturated heterocycles. The number of aryl methyl sites for hydroxylation is 1. The summed E-state index contributed by atoms with van der Waals surface area (Å²) in [7, 11) is 0. The Bertz CT molecular complexity index is 987. The van der Waals surface area contributed by atoms with Gasteiger partial charge in [0.05, 0.1) is 12.1 Å². The second-order valence-electron chi connectivity index (χ2n) is 5.79. The van der Waals surface area contributed by atoms with Gasteiger partial charge in [0.1, 0.15) is 11.4 Å². The zero-order valence-corrected chi connectivity index (χ0v) is 12.9. The highest BCUT2D eigenvalue weighted by Crippen LogP contribution is 2.31. The third-order valence-corrected chi connectivity index (χ3v) is 4.13. The van der Waals surface area contributed by atoms with Crippen molar-refractivity contribution in [2.75, 3.05) is 0 Å². The minimum atomic E-state index is -0.479. The van der Waals surface area contributed by atoms with Gasteiger partial charge in [-0.3, -0.25) is 9.59 Å². The van der Waals surface area contributed by atoms with Crippen LogP contribution >= 0.6 is 0 Å². The smallest absolute Gasteiger partial charge is 0.220 e. The lowest BCUT2D eigenvalue weighted by atomic mass is 9.89. The van der Waals surface area contributed by atoms with Gasteiger partial charge in [-0.15, -0.1) is 5.10 Å². The van der Waals surface area contributed by atoms with Crippen LogP contribution in [0.4, 0.5) is 0 Å². The van der Waals surface area contributed by atoms with Crippen LogP contribution in [0.25, 0.3) is 0 Å². The van der Waals surface area contributed by atoms with Crippen LogP contribution in [0, 0.1) is 6.92 Å². The second kappa shape index (κ2) is 5.13. The lowest BCUT2D eigenvalue weighted by Crippen LogP contribution is -2.23. The molecule has 118 valence electrons. The average molecular weight is 319 g/mol. The molecule has 1 aromatic heterocycles. The number of phenolic OH excluding ortho intramolecular Hbond substituents is 1. The lowest BCUT2D eigenvalue weighted by Gasteiger charge is -2.15. The second-order valence-corrected chi connectivity index (χ2v) is 5.79. The van der Waals surface area contributed by atoms with Gasteiger partial charge in [-0.1, -0.05) is 41.1 Å². The van der Waals surface area contributed by atoms with Gasteiger partial charge in [-0.05, 0) is 24.6 Å². The number of phenols is 1. The van der Waals surface area contributed by atoms with E-state index < -0.39 is 5.78 Å². The zero-order chi connectivity index (χ0) is 16.8. The number of benzene rings is 2. The van der Waals surface area contributed by atoms with Crippen LogP contribution in [-0.2, 0) is 6.54 Å². The molecule has 6 nitrogen and oxygen atoms in total. The number of fused-ring (bicyclic) bond motifs is 2. The SMILES string of the molecule is Cc1ccc(Cn2nnc3c2C(=O)c2cccc(O)c2C3=O)cc1. The number of aromatic nitrogens is 3. The standard InChI is InChI=1S/C18H13N3O3/c1-10-5-7-11(8-6-10)9-21-16-15(19-20-21)18(24)14-12(17(16)23)3-2-4-13(14)22/h2-8,22H,9H2,1H3. The summed E-state index contributed by atoms with van der Waals surface area (Å²) in [6.07, 6.45) is 0. The Morgan fingerprint density at radius 3 is 2.54 bits per heavy atom. The van der Waals surface area contributed by atoms with Crippen LogP contribution < -0.4 is 0 Å². The van der Waals surface area contributed by atoms with Crippen LogP contribution in [0.15, 0.2) is 42.5 Å². The van der Waals surface area contributed by atoms with E-state index in [0.29, 0.717) is 6.54 Å². The van der Waals surface area contributed by atoms with E-state index in [1.807, 2.05) is 31.2 Å². The Labute approximate surface area is 137 Å². The molecule has 0 unspecified atom stereocenters. The van der Waals surface area contributed by atoms with Gasteiger partial charge < -0.3 is 5.11 Å². The van der Waals surface area contributed by atoms with Crippen LogP contribution in [0.2, 0.25) is 0 Å². The molecule has 4 rings (SSSR count). The average Bonchev–Trinajstić information content (AvgIpc) is 2.99. The van der Waals surface area contributed by atoms with E-state index in [-0.39, 0.29) is 34.0 Å². The number of ketones is 2. The quantitative estimate of drug-likeness (QED) is 0.611. The first-order valence-corrected chi connectivity index (χ1v) is 7.46. The molecule has 2 aromatic carbocycles. The van der Waals surface area contributed by atoms with Crippen molar-refractivity contribution in [3.05, 3.63) is 76.1 Å². The molecule has 0 atom stereocenters. The van der Waals surface area contributed by atoms with E-state index in [1.165, 1.54) is 16.8 Å². The molecular formula is C18H13N3O3. The summed E-state index contributed by atoms with van der Waals surface area (Å²) in [5, 5.41) is 17.8. The van der Waals surface area contributed by atoms with E-state index >= 15 is 0 Å². The molecule has 0 amide bonds. The van der Waals surface area contributed by atoms with Gasteiger partial charge in [-0.25, -0.2) is 4.68 Å². The van der Waals surface area contributed by atoms with E-state index in [1.54, 1.807) is 6.07 Å². The van der Waals surface area contributed by atoms with E-state index in [0.717, 1.165) is 11.1 Å². The van der Waals surface area contributed by atoms with E-state index in [9.17, 15) is 14.7 Å². The molecule has 1 N–H and O–H groups in total. The first kappa shape index (κ1) is 14.3. The summed E-state index contributed by atoms with van der Waals surface area (Å²) in [4.78, 5) is 25.3. The number of aromatic hydroxyl groups is 1. The van der Waals surface area contributed by atoms with E-state index in [2.05, 4.69) is 10.3 Å². The molecule has 0 radical (unpaired) electrons. The molecule has 0 fully saturated rings. The van der Waals surface area contributed by atoms with Gasteiger partial charge >= 0.3 is 0 Å². The molecule has 0 saturated carbocycles.